The fraction of sp³-hybridized carbons (Fsp3) is 0.273. The van der Waals surface area contributed by atoms with Crippen LogP contribution in [0.5, 0.6) is 5.75 Å². The molecule has 0 unspecified atom stereocenters. The SMILES string of the molecule is CCNC(=O)c1nc2cccc(OC)c2[nH]1. The minimum absolute atomic E-state index is 0.208. The molecule has 0 aliphatic carbocycles. The number of aromatic amines is 1. The average Bonchev–Trinajstić information content (AvgIpc) is 2.72. The van der Waals surface area contributed by atoms with E-state index in [0.717, 1.165) is 11.0 Å². The summed E-state index contributed by atoms with van der Waals surface area (Å²) in [6.45, 7) is 2.44. The summed E-state index contributed by atoms with van der Waals surface area (Å²) < 4.78 is 5.18. The third-order valence-corrected chi connectivity index (χ3v) is 2.25. The van der Waals surface area contributed by atoms with Gasteiger partial charge in [0, 0.05) is 6.54 Å². The number of imidazole rings is 1. The monoisotopic (exact) mass is 219 g/mol. The molecule has 2 aromatic rings. The Morgan fingerprint density at radius 2 is 2.38 bits per heavy atom. The largest absolute Gasteiger partial charge is 0.494 e. The van der Waals surface area contributed by atoms with E-state index in [2.05, 4.69) is 15.3 Å². The number of rotatable bonds is 3. The van der Waals surface area contributed by atoms with Gasteiger partial charge in [0.05, 0.1) is 12.6 Å². The Labute approximate surface area is 92.8 Å². The molecular weight excluding hydrogens is 206 g/mol. The zero-order valence-corrected chi connectivity index (χ0v) is 9.20. The first kappa shape index (κ1) is 10.5. The molecule has 0 fully saturated rings. The van der Waals surface area contributed by atoms with Crippen molar-refractivity contribution in [2.75, 3.05) is 13.7 Å². The van der Waals surface area contributed by atoms with Gasteiger partial charge in [-0.15, -0.1) is 0 Å². The molecule has 0 aliphatic heterocycles. The van der Waals surface area contributed by atoms with Crippen molar-refractivity contribution in [3.05, 3.63) is 24.0 Å². The average molecular weight is 219 g/mol. The number of amides is 1. The van der Waals surface area contributed by atoms with E-state index in [9.17, 15) is 4.79 Å². The van der Waals surface area contributed by atoms with E-state index in [1.165, 1.54) is 0 Å². The first-order valence-electron chi connectivity index (χ1n) is 5.07. The fourth-order valence-electron chi connectivity index (χ4n) is 1.53. The van der Waals surface area contributed by atoms with Crippen LogP contribution in [0.25, 0.3) is 11.0 Å². The van der Waals surface area contributed by atoms with Gasteiger partial charge >= 0.3 is 0 Å². The summed E-state index contributed by atoms with van der Waals surface area (Å²) in [4.78, 5) is 18.7. The standard InChI is InChI=1S/C11H13N3O2/c1-3-12-11(15)10-13-7-5-4-6-8(16-2)9(7)14-10/h4-6H,3H2,1-2H3,(H,12,15)(H,13,14). The number of methoxy groups -OCH3 is 1. The van der Waals surface area contributed by atoms with Crippen molar-refractivity contribution in [2.24, 2.45) is 0 Å². The number of para-hydroxylation sites is 1. The van der Waals surface area contributed by atoms with E-state index in [-0.39, 0.29) is 5.91 Å². The zero-order chi connectivity index (χ0) is 11.5. The number of fused-ring (bicyclic) bond motifs is 1. The third kappa shape index (κ3) is 1.71. The summed E-state index contributed by atoms with van der Waals surface area (Å²) in [5.74, 6) is 0.780. The van der Waals surface area contributed by atoms with Crippen LogP contribution in [0.2, 0.25) is 0 Å². The van der Waals surface area contributed by atoms with Crippen molar-refractivity contribution < 1.29 is 9.53 Å². The zero-order valence-electron chi connectivity index (χ0n) is 9.20. The number of H-pyrrole nitrogens is 1. The molecule has 0 bridgehead atoms. The fourth-order valence-corrected chi connectivity index (χ4v) is 1.53. The number of hydrogen-bond acceptors (Lipinski definition) is 3. The molecule has 1 heterocycles. The highest BCUT2D eigenvalue weighted by Gasteiger charge is 2.12. The van der Waals surface area contributed by atoms with Gasteiger partial charge in [0.1, 0.15) is 11.3 Å². The number of nitrogens with zero attached hydrogens (tertiary/aromatic N) is 1. The Morgan fingerprint density at radius 3 is 3.06 bits per heavy atom. The Balaban J connectivity index is 2.47. The van der Waals surface area contributed by atoms with Gasteiger partial charge in [-0.3, -0.25) is 4.79 Å². The van der Waals surface area contributed by atoms with Gasteiger partial charge in [-0.1, -0.05) is 6.07 Å². The van der Waals surface area contributed by atoms with Crippen LogP contribution in [0.4, 0.5) is 0 Å². The molecule has 0 spiro atoms. The molecule has 5 heteroatoms. The van der Waals surface area contributed by atoms with Gasteiger partial charge in [-0.2, -0.15) is 0 Å². The van der Waals surface area contributed by atoms with Gasteiger partial charge < -0.3 is 15.0 Å². The Morgan fingerprint density at radius 1 is 1.56 bits per heavy atom. The maximum absolute atomic E-state index is 11.6. The second-order valence-electron chi connectivity index (χ2n) is 3.30. The van der Waals surface area contributed by atoms with Crippen molar-refractivity contribution in [2.45, 2.75) is 6.92 Å². The highest BCUT2D eigenvalue weighted by atomic mass is 16.5. The molecule has 1 aromatic carbocycles. The van der Waals surface area contributed by atoms with Crippen LogP contribution in [0, 0.1) is 0 Å². The molecule has 16 heavy (non-hydrogen) atoms. The van der Waals surface area contributed by atoms with Crippen molar-refractivity contribution in [3.8, 4) is 5.75 Å². The van der Waals surface area contributed by atoms with Crippen molar-refractivity contribution in [1.29, 1.82) is 0 Å². The number of carbonyl (C=O) groups excluding carboxylic acids is 1. The summed E-state index contributed by atoms with van der Waals surface area (Å²) in [6, 6.07) is 5.49. The van der Waals surface area contributed by atoms with Crippen molar-refractivity contribution in [3.63, 3.8) is 0 Å². The lowest BCUT2D eigenvalue weighted by Gasteiger charge is -1.98. The normalized spacial score (nSPS) is 10.4. The second kappa shape index (κ2) is 4.22. The maximum Gasteiger partial charge on any atom is 0.287 e. The van der Waals surface area contributed by atoms with E-state index in [0.29, 0.717) is 18.1 Å². The Bertz CT molecular complexity index is 519. The minimum Gasteiger partial charge on any atom is -0.494 e. The molecule has 0 aliphatic rings. The molecular formula is C11H13N3O2. The smallest absolute Gasteiger partial charge is 0.287 e. The molecule has 1 aromatic heterocycles. The van der Waals surface area contributed by atoms with Crippen LogP contribution in [-0.4, -0.2) is 29.5 Å². The number of carbonyl (C=O) groups is 1. The van der Waals surface area contributed by atoms with E-state index in [4.69, 9.17) is 4.74 Å². The Hall–Kier alpha value is -2.04. The highest BCUT2D eigenvalue weighted by molar-refractivity contribution is 5.95. The second-order valence-corrected chi connectivity index (χ2v) is 3.30. The summed E-state index contributed by atoms with van der Waals surface area (Å²) in [5.41, 5.74) is 1.46. The van der Waals surface area contributed by atoms with Crippen LogP contribution >= 0.6 is 0 Å². The number of nitrogens with one attached hydrogen (secondary N) is 2. The molecule has 5 nitrogen and oxygen atoms in total. The van der Waals surface area contributed by atoms with Crippen LogP contribution in [-0.2, 0) is 0 Å². The summed E-state index contributed by atoms with van der Waals surface area (Å²) in [5, 5.41) is 2.69. The molecule has 2 N–H and O–H groups in total. The molecule has 0 atom stereocenters. The molecule has 1 amide bonds. The first-order valence-corrected chi connectivity index (χ1v) is 5.07. The van der Waals surface area contributed by atoms with Gasteiger partial charge in [-0.05, 0) is 19.1 Å². The van der Waals surface area contributed by atoms with E-state index in [1.54, 1.807) is 7.11 Å². The van der Waals surface area contributed by atoms with E-state index < -0.39 is 0 Å². The van der Waals surface area contributed by atoms with E-state index >= 15 is 0 Å². The lowest BCUT2D eigenvalue weighted by Crippen LogP contribution is -2.23. The molecule has 0 radical (unpaired) electrons. The number of ether oxygens (including phenoxy) is 1. The molecule has 0 saturated heterocycles. The maximum atomic E-state index is 11.6. The van der Waals surface area contributed by atoms with Crippen molar-refractivity contribution >= 4 is 16.9 Å². The quantitative estimate of drug-likeness (QED) is 0.818. The topological polar surface area (TPSA) is 67.0 Å². The first-order chi connectivity index (χ1) is 7.76. The van der Waals surface area contributed by atoms with Crippen LogP contribution < -0.4 is 10.1 Å². The highest BCUT2D eigenvalue weighted by Crippen LogP contribution is 2.22. The summed E-state index contributed by atoms with van der Waals surface area (Å²) in [6.07, 6.45) is 0. The van der Waals surface area contributed by atoms with Gasteiger partial charge in [-0.25, -0.2) is 4.98 Å². The van der Waals surface area contributed by atoms with Crippen LogP contribution in [0.3, 0.4) is 0 Å². The predicted octanol–water partition coefficient (Wildman–Crippen LogP) is 1.32. The number of benzene rings is 1. The van der Waals surface area contributed by atoms with Gasteiger partial charge in [0.2, 0.25) is 0 Å². The number of hydrogen-bond donors (Lipinski definition) is 2. The van der Waals surface area contributed by atoms with E-state index in [1.807, 2.05) is 25.1 Å². The lowest BCUT2D eigenvalue weighted by atomic mass is 10.3. The number of aromatic nitrogens is 2. The molecule has 84 valence electrons. The van der Waals surface area contributed by atoms with Crippen LogP contribution in [0.1, 0.15) is 17.5 Å². The summed E-state index contributed by atoms with van der Waals surface area (Å²) in [7, 11) is 1.58. The summed E-state index contributed by atoms with van der Waals surface area (Å²) >= 11 is 0. The predicted molar refractivity (Wildman–Crippen MR) is 60.7 cm³/mol. The Kier molecular flexibility index (Phi) is 2.76. The molecule has 0 saturated carbocycles. The van der Waals surface area contributed by atoms with Gasteiger partial charge in [0.15, 0.2) is 5.82 Å². The van der Waals surface area contributed by atoms with Crippen molar-refractivity contribution in [1.82, 2.24) is 15.3 Å². The molecule has 2 rings (SSSR count). The van der Waals surface area contributed by atoms with Gasteiger partial charge in [0.25, 0.3) is 5.91 Å². The van der Waals surface area contributed by atoms with Crippen LogP contribution in [0.15, 0.2) is 18.2 Å². The minimum atomic E-state index is -0.208. The third-order valence-electron chi connectivity index (χ3n) is 2.25. The lowest BCUT2D eigenvalue weighted by molar-refractivity contribution is 0.0947.